The molecule has 1 aliphatic heterocycles. The van der Waals surface area contributed by atoms with Gasteiger partial charge in [0.05, 0.1) is 0 Å². The van der Waals surface area contributed by atoms with Crippen molar-refractivity contribution in [3.05, 3.63) is 54.6 Å². The second-order valence-corrected chi connectivity index (χ2v) is 6.69. The SMILES string of the molecule is CC(=O)Nc1ccc(NC(=O)CC(=O)N2CCN(c3ccccc3)CC2)cc1. The van der Waals surface area contributed by atoms with Gasteiger partial charge >= 0.3 is 0 Å². The molecule has 3 amide bonds. The maximum Gasteiger partial charge on any atom is 0.233 e. The monoisotopic (exact) mass is 380 g/mol. The lowest BCUT2D eigenvalue weighted by molar-refractivity contribution is -0.134. The third-order valence-electron chi connectivity index (χ3n) is 4.55. The number of anilines is 3. The molecule has 0 unspecified atom stereocenters. The molecule has 1 heterocycles. The average Bonchev–Trinajstić information content (AvgIpc) is 2.70. The zero-order chi connectivity index (χ0) is 19.9. The maximum absolute atomic E-state index is 12.4. The summed E-state index contributed by atoms with van der Waals surface area (Å²) in [6, 6.07) is 16.9. The van der Waals surface area contributed by atoms with E-state index in [1.165, 1.54) is 6.92 Å². The number of benzene rings is 2. The highest BCUT2D eigenvalue weighted by Gasteiger charge is 2.22. The second kappa shape index (κ2) is 9.03. The molecule has 2 aromatic carbocycles. The highest BCUT2D eigenvalue weighted by atomic mass is 16.2. The van der Waals surface area contributed by atoms with Gasteiger partial charge in [-0.2, -0.15) is 0 Å². The molecule has 2 aromatic rings. The third kappa shape index (κ3) is 5.33. The molecule has 0 spiro atoms. The van der Waals surface area contributed by atoms with Crippen LogP contribution in [0.3, 0.4) is 0 Å². The summed E-state index contributed by atoms with van der Waals surface area (Å²) in [5.74, 6) is -0.669. The highest BCUT2D eigenvalue weighted by molar-refractivity contribution is 6.03. The van der Waals surface area contributed by atoms with Crippen LogP contribution >= 0.6 is 0 Å². The van der Waals surface area contributed by atoms with Crippen molar-refractivity contribution in [3.8, 4) is 0 Å². The van der Waals surface area contributed by atoms with E-state index in [9.17, 15) is 14.4 Å². The Hall–Kier alpha value is -3.35. The van der Waals surface area contributed by atoms with Crippen LogP contribution in [0.15, 0.2) is 54.6 Å². The topological polar surface area (TPSA) is 81.8 Å². The van der Waals surface area contributed by atoms with Gasteiger partial charge < -0.3 is 20.4 Å². The van der Waals surface area contributed by atoms with E-state index >= 15 is 0 Å². The van der Waals surface area contributed by atoms with Gasteiger partial charge in [0.2, 0.25) is 17.7 Å². The van der Waals surface area contributed by atoms with Crippen LogP contribution in [-0.4, -0.2) is 48.8 Å². The Balaban J connectivity index is 1.46. The number of hydrogen-bond acceptors (Lipinski definition) is 4. The predicted molar refractivity (Wildman–Crippen MR) is 109 cm³/mol. The molecule has 1 fully saturated rings. The molecule has 0 aromatic heterocycles. The smallest absolute Gasteiger partial charge is 0.233 e. The Labute approximate surface area is 164 Å². The molecule has 0 atom stereocenters. The number of para-hydroxylation sites is 1. The van der Waals surface area contributed by atoms with Crippen molar-refractivity contribution in [2.24, 2.45) is 0 Å². The largest absolute Gasteiger partial charge is 0.368 e. The first-order valence-corrected chi connectivity index (χ1v) is 9.26. The summed E-state index contributed by atoms with van der Waals surface area (Å²) in [4.78, 5) is 39.6. The lowest BCUT2D eigenvalue weighted by Gasteiger charge is -2.36. The second-order valence-electron chi connectivity index (χ2n) is 6.69. The van der Waals surface area contributed by atoms with E-state index < -0.39 is 0 Å². The van der Waals surface area contributed by atoms with Gasteiger partial charge in [0.25, 0.3) is 0 Å². The van der Waals surface area contributed by atoms with Crippen molar-refractivity contribution in [3.63, 3.8) is 0 Å². The number of amides is 3. The molecule has 0 radical (unpaired) electrons. The van der Waals surface area contributed by atoms with E-state index in [4.69, 9.17) is 0 Å². The van der Waals surface area contributed by atoms with Gasteiger partial charge in [-0.3, -0.25) is 14.4 Å². The summed E-state index contributed by atoms with van der Waals surface area (Å²) in [5.41, 5.74) is 2.38. The minimum Gasteiger partial charge on any atom is -0.368 e. The van der Waals surface area contributed by atoms with E-state index in [-0.39, 0.29) is 24.1 Å². The molecule has 1 aliphatic rings. The lowest BCUT2D eigenvalue weighted by atomic mass is 10.2. The Morgan fingerprint density at radius 3 is 1.96 bits per heavy atom. The quantitative estimate of drug-likeness (QED) is 0.780. The van der Waals surface area contributed by atoms with Gasteiger partial charge in [0.15, 0.2) is 0 Å². The van der Waals surface area contributed by atoms with Gasteiger partial charge in [-0.25, -0.2) is 0 Å². The number of carbonyl (C=O) groups excluding carboxylic acids is 3. The molecule has 7 heteroatoms. The Morgan fingerprint density at radius 2 is 1.39 bits per heavy atom. The van der Waals surface area contributed by atoms with Crippen molar-refractivity contribution in [1.82, 2.24) is 4.90 Å². The van der Waals surface area contributed by atoms with Crippen molar-refractivity contribution < 1.29 is 14.4 Å². The van der Waals surface area contributed by atoms with Crippen molar-refractivity contribution in [2.75, 3.05) is 41.7 Å². The van der Waals surface area contributed by atoms with Crippen LogP contribution < -0.4 is 15.5 Å². The minimum absolute atomic E-state index is 0.158. The third-order valence-corrected chi connectivity index (χ3v) is 4.55. The molecule has 0 bridgehead atoms. The standard InChI is InChI=1S/C21H24N4O3/c1-16(26)22-17-7-9-18(10-8-17)23-20(27)15-21(28)25-13-11-24(12-14-25)19-5-3-2-4-6-19/h2-10H,11-15H2,1H3,(H,22,26)(H,23,27). The zero-order valence-corrected chi connectivity index (χ0v) is 15.9. The summed E-state index contributed by atoms with van der Waals surface area (Å²) in [7, 11) is 0. The number of rotatable bonds is 5. The van der Waals surface area contributed by atoms with Crippen molar-refractivity contribution >= 4 is 34.8 Å². The van der Waals surface area contributed by atoms with Crippen LogP contribution in [0.4, 0.5) is 17.1 Å². The lowest BCUT2D eigenvalue weighted by Crippen LogP contribution is -2.49. The average molecular weight is 380 g/mol. The highest BCUT2D eigenvalue weighted by Crippen LogP contribution is 2.17. The number of nitrogens with one attached hydrogen (secondary N) is 2. The molecular weight excluding hydrogens is 356 g/mol. The molecule has 146 valence electrons. The summed E-state index contributed by atoms with van der Waals surface area (Å²) >= 11 is 0. The fraction of sp³-hybridized carbons (Fsp3) is 0.286. The normalized spacial score (nSPS) is 13.8. The van der Waals surface area contributed by atoms with Crippen LogP contribution in [0.2, 0.25) is 0 Å². The predicted octanol–water partition coefficient (Wildman–Crippen LogP) is 2.32. The fourth-order valence-corrected chi connectivity index (χ4v) is 3.15. The molecule has 0 saturated carbocycles. The van der Waals surface area contributed by atoms with Gasteiger partial charge in [-0.15, -0.1) is 0 Å². The van der Waals surface area contributed by atoms with Crippen molar-refractivity contribution in [1.29, 1.82) is 0 Å². The molecule has 7 nitrogen and oxygen atoms in total. The molecule has 1 saturated heterocycles. The summed E-state index contributed by atoms with van der Waals surface area (Å²) in [6.45, 7) is 4.14. The first kappa shape index (κ1) is 19.4. The summed E-state index contributed by atoms with van der Waals surface area (Å²) in [6.07, 6.45) is -0.182. The summed E-state index contributed by atoms with van der Waals surface area (Å²) in [5, 5.41) is 5.38. The molecule has 0 aliphatic carbocycles. The minimum atomic E-state index is -0.345. The van der Waals surface area contributed by atoms with E-state index in [0.717, 1.165) is 18.8 Å². The number of piperazine rings is 1. The number of nitrogens with zero attached hydrogens (tertiary/aromatic N) is 2. The van der Waals surface area contributed by atoms with Gasteiger partial charge in [-0.05, 0) is 36.4 Å². The number of hydrogen-bond donors (Lipinski definition) is 2. The van der Waals surface area contributed by atoms with Crippen LogP contribution in [-0.2, 0) is 14.4 Å². The first-order chi connectivity index (χ1) is 13.5. The van der Waals surface area contributed by atoms with Gasteiger partial charge in [-0.1, -0.05) is 18.2 Å². The summed E-state index contributed by atoms with van der Waals surface area (Å²) < 4.78 is 0. The van der Waals surface area contributed by atoms with Gasteiger partial charge in [0, 0.05) is 50.2 Å². The van der Waals surface area contributed by atoms with Crippen LogP contribution in [0.25, 0.3) is 0 Å². The van der Waals surface area contributed by atoms with E-state index in [2.05, 4.69) is 27.7 Å². The number of carbonyl (C=O) groups is 3. The Kier molecular flexibility index (Phi) is 6.26. The van der Waals surface area contributed by atoms with Gasteiger partial charge in [0.1, 0.15) is 6.42 Å². The maximum atomic E-state index is 12.4. The molecule has 3 rings (SSSR count). The van der Waals surface area contributed by atoms with Crippen LogP contribution in [0, 0.1) is 0 Å². The molecule has 28 heavy (non-hydrogen) atoms. The Bertz CT molecular complexity index is 828. The van der Waals surface area contributed by atoms with E-state index in [1.54, 1.807) is 29.2 Å². The molecule has 2 N–H and O–H groups in total. The van der Waals surface area contributed by atoms with Crippen LogP contribution in [0.1, 0.15) is 13.3 Å². The fourth-order valence-electron chi connectivity index (χ4n) is 3.15. The van der Waals surface area contributed by atoms with E-state index in [1.807, 2.05) is 18.2 Å². The van der Waals surface area contributed by atoms with E-state index in [0.29, 0.717) is 24.5 Å². The molecular formula is C21H24N4O3. The van der Waals surface area contributed by atoms with Crippen LogP contribution in [0.5, 0.6) is 0 Å². The zero-order valence-electron chi connectivity index (χ0n) is 15.9. The van der Waals surface area contributed by atoms with Crippen molar-refractivity contribution in [2.45, 2.75) is 13.3 Å². The first-order valence-electron chi connectivity index (χ1n) is 9.26. The Morgan fingerprint density at radius 1 is 0.821 bits per heavy atom.